The Bertz CT molecular complexity index is 1080. The molecule has 6 nitrogen and oxygen atoms in total. The molecule has 3 heterocycles. The third kappa shape index (κ3) is 5.81. The predicted octanol–water partition coefficient (Wildman–Crippen LogP) is 4.91. The summed E-state index contributed by atoms with van der Waals surface area (Å²) in [5.41, 5.74) is 3.58. The van der Waals surface area contributed by atoms with Crippen molar-refractivity contribution >= 4 is 17.4 Å². The molecule has 1 aromatic carbocycles. The van der Waals surface area contributed by atoms with Gasteiger partial charge in [-0.1, -0.05) is 12.1 Å². The van der Waals surface area contributed by atoms with Crippen molar-refractivity contribution in [3.63, 3.8) is 0 Å². The van der Waals surface area contributed by atoms with Crippen LogP contribution in [0.3, 0.4) is 0 Å². The molecule has 0 unspecified atom stereocenters. The van der Waals surface area contributed by atoms with Crippen molar-refractivity contribution < 1.29 is 18.0 Å². The Morgan fingerprint density at radius 2 is 1.88 bits per heavy atom. The summed E-state index contributed by atoms with van der Waals surface area (Å²) in [6.45, 7) is 1.56. The first-order chi connectivity index (χ1) is 15.4. The number of hydrogen-bond donors (Lipinski definition) is 2. The van der Waals surface area contributed by atoms with E-state index in [0.29, 0.717) is 31.2 Å². The molecule has 168 valence electrons. The van der Waals surface area contributed by atoms with Gasteiger partial charge in [-0.25, -0.2) is 9.78 Å². The fraction of sp³-hybridized carbons (Fsp3) is 0.304. The van der Waals surface area contributed by atoms with E-state index in [1.807, 2.05) is 53.2 Å². The number of likely N-dealkylation sites (tertiary alicyclic amines) is 1. The van der Waals surface area contributed by atoms with E-state index in [1.165, 1.54) is 0 Å². The van der Waals surface area contributed by atoms with Crippen LogP contribution < -0.4 is 10.6 Å². The summed E-state index contributed by atoms with van der Waals surface area (Å²) in [6, 6.07) is 11.2. The first kappa shape index (κ1) is 21.7. The summed E-state index contributed by atoms with van der Waals surface area (Å²) in [6.07, 6.45) is 4.19. The average molecular weight is 443 g/mol. The largest absolute Gasteiger partial charge is 0.411 e. The van der Waals surface area contributed by atoms with Crippen molar-refractivity contribution in [2.45, 2.75) is 31.5 Å². The molecule has 2 amide bonds. The third-order valence-electron chi connectivity index (χ3n) is 5.56. The number of amides is 2. The number of alkyl halides is 3. The van der Waals surface area contributed by atoms with Gasteiger partial charge in [-0.05, 0) is 54.2 Å². The monoisotopic (exact) mass is 443 g/mol. The summed E-state index contributed by atoms with van der Waals surface area (Å²) in [4.78, 5) is 18.1. The topological polar surface area (TPSA) is 61.7 Å². The fourth-order valence-electron chi connectivity index (χ4n) is 3.83. The number of carbonyl (C=O) groups is 1. The number of benzene rings is 1. The molecular weight excluding hydrogens is 419 g/mol. The number of imidazole rings is 1. The number of fused-ring (bicyclic) bond motifs is 1. The Balaban J connectivity index is 1.24. The molecule has 1 aliphatic rings. The molecule has 0 atom stereocenters. The van der Waals surface area contributed by atoms with Crippen molar-refractivity contribution in [3.05, 3.63) is 78.4 Å². The van der Waals surface area contributed by atoms with E-state index in [-0.39, 0.29) is 12.1 Å². The summed E-state index contributed by atoms with van der Waals surface area (Å²) in [5, 5.41) is 5.65. The first-order valence-electron chi connectivity index (χ1n) is 10.4. The van der Waals surface area contributed by atoms with Crippen LogP contribution in [0.1, 0.15) is 29.9 Å². The average Bonchev–Trinajstić information content (AvgIpc) is 3.25. The Morgan fingerprint density at radius 3 is 2.59 bits per heavy atom. The highest BCUT2D eigenvalue weighted by Gasteiger charge is 2.24. The van der Waals surface area contributed by atoms with Crippen LogP contribution in [0.2, 0.25) is 0 Å². The lowest BCUT2D eigenvalue weighted by Gasteiger charge is -2.31. The zero-order chi connectivity index (χ0) is 22.6. The van der Waals surface area contributed by atoms with Crippen LogP contribution in [0.4, 0.5) is 23.7 Å². The molecule has 0 saturated carbocycles. The van der Waals surface area contributed by atoms with E-state index in [0.717, 1.165) is 35.8 Å². The minimum absolute atomic E-state index is 0.286. The number of nitrogens with zero attached hydrogens (tertiary/aromatic N) is 3. The van der Waals surface area contributed by atoms with Crippen LogP contribution in [-0.4, -0.2) is 39.6 Å². The van der Waals surface area contributed by atoms with Crippen LogP contribution >= 0.6 is 0 Å². The van der Waals surface area contributed by atoms with E-state index in [4.69, 9.17) is 0 Å². The molecule has 2 aromatic heterocycles. The standard InChI is InChI=1S/C23H24F3N5O/c24-23(25,26)8-13-30-10-6-19(7-11-30)18-1-3-20(4-2-18)29-22(32)28-16-17-5-12-31-14-9-27-21(31)15-17/h1-5,8-9,12-15,19H,6-7,10-11,16H2,(H2,28,29,32). The number of aromatic nitrogens is 2. The highest BCUT2D eigenvalue weighted by Crippen LogP contribution is 2.29. The number of hydrogen-bond acceptors (Lipinski definition) is 3. The summed E-state index contributed by atoms with van der Waals surface area (Å²) in [5.74, 6) is 0.297. The molecule has 0 aliphatic carbocycles. The smallest absolute Gasteiger partial charge is 0.377 e. The number of nitrogens with one attached hydrogen (secondary N) is 2. The van der Waals surface area contributed by atoms with E-state index < -0.39 is 6.18 Å². The van der Waals surface area contributed by atoms with Crippen molar-refractivity contribution in [1.82, 2.24) is 19.6 Å². The highest BCUT2D eigenvalue weighted by molar-refractivity contribution is 5.89. The van der Waals surface area contributed by atoms with Crippen LogP contribution in [0.5, 0.6) is 0 Å². The maximum atomic E-state index is 12.3. The van der Waals surface area contributed by atoms with Crippen LogP contribution in [-0.2, 0) is 6.54 Å². The normalized spacial score (nSPS) is 15.4. The van der Waals surface area contributed by atoms with E-state index in [2.05, 4.69) is 15.6 Å². The molecule has 2 N–H and O–H groups in total. The van der Waals surface area contributed by atoms with E-state index in [9.17, 15) is 18.0 Å². The number of urea groups is 1. The lowest BCUT2D eigenvalue weighted by molar-refractivity contribution is -0.0808. The van der Waals surface area contributed by atoms with Gasteiger partial charge in [-0.15, -0.1) is 0 Å². The van der Waals surface area contributed by atoms with Gasteiger partial charge >= 0.3 is 12.2 Å². The van der Waals surface area contributed by atoms with Gasteiger partial charge in [0.05, 0.1) is 0 Å². The second-order valence-electron chi connectivity index (χ2n) is 7.82. The number of halogens is 3. The predicted molar refractivity (Wildman–Crippen MR) is 116 cm³/mol. The van der Waals surface area contributed by atoms with Gasteiger partial charge in [0.2, 0.25) is 0 Å². The number of carbonyl (C=O) groups excluding carboxylic acids is 1. The second kappa shape index (κ2) is 9.33. The number of allylic oxidation sites excluding steroid dienone is 1. The first-order valence-corrected chi connectivity index (χ1v) is 10.4. The second-order valence-corrected chi connectivity index (χ2v) is 7.82. The van der Waals surface area contributed by atoms with Gasteiger partial charge < -0.3 is 19.9 Å². The SMILES string of the molecule is O=C(NCc1ccn2ccnc2c1)Nc1ccc(C2CCN(C=CC(F)(F)F)CC2)cc1. The van der Waals surface area contributed by atoms with E-state index in [1.54, 1.807) is 11.1 Å². The van der Waals surface area contributed by atoms with Gasteiger partial charge in [0, 0.05) is 56.2 Å². The van der Waals surface area contributed by atoms with Gasteiger partial charge in [-0.3, -0.25) is 0 Å². The number of pyridine rings is 1. The molecule has 32 heavy (non-hydrogen) atoms. The quantitative estimate of drug-likeness (QED) is 0.589. The Morgan fingerprint density at radius 1 is 1.12 bits per heavy atom. The Hall–Kier alpha value is -3.49. The molecule has 3 aromatic rings. The highest BCUT2D eigenvalue weighted by atomic mass is 19.4. The molecule has 9 heteroatoms. The zero-order valence-corrected chi connectivity index (χ0v) is 17.3. The number of rotatable bonds is 5. The van der Waals surface area contributed by atoms with E-state index >= 15 is 0 Å². The fourth-order valence-corrected chi connectivity index (χ4v) is 3.83. The van der Waals surface area contributed by atoms with Gasteiger partial charge in [0.1, 0.15) is 5.65 Å². The molecular formula is C23H24F3N5O. The Kier molecular flexibility index (Phi) is 6.34. The maximum Gasteiger partial charge on any atom is 0.411 e. The lowest BCUT2D eigenvalue weighted by Crippen LogP contribution is -2.29. The Labute approximate surface area is 183 Å². The maximum absolute atomic E-state index is 12.3. The van der Waals surface area contributed by atoms with Gasteiger partial charge in [0.15, 0.2) is 0 Å². The van der Waals surface area contributed by atoms with Crippen molar-refractivity contribution in [1.29, 1.82) is 0 Å². The van der Waals surface area contributed by atoms with Crippen molar-refractivity contribution in [3.8, 4) is 0 Å². The minimum Gasteiger partial charge on any atom is -0.377 e. The molecule has 0 radical (unpaired) electrons. The molecule has 0 spiro atoms. The summed E-state index contributed by atoms with van der Waals surface area (Å²) in [7, 11) is 0. The molecule has 1 saturated heterocycles. The van der Waals surface area contributed by atoms with Crippen molar-refractivity contribution in [2.75, 3.05) is 18.4 Å². The molecule has 1 fully saturated rings. The lowest BCUT2D eigenvalue weighted by atomic mass is 9.89. The van der Waals surface area contributed by atoms with Crippen LogP contribution in [0.25, 0.3) is 5.65 Å². The summed E-state index contributed by atoms with van der Waals surface area (Å²) >= 11 is 0. The molecule has 1 aliphatic heterocycles. The van der Waals surface area contributed by atoms with Crippen LogP contribution in [0.15, 0.2) is 67.3 Å². The zero-order valence-electron chi connectivity index (χ0n) is 17.3. The summed E-state index contributed by atoms with van der Waals surface area (Å²) < 4.78 is 38.8. The molecule has 4 rings (SSSR count). The number of piperidine rings is 1. The molecule has 0 bridgehead atoms. The van der Waals surface area contributed by atoms with Crippen LogP contribution in [0, 0.1) is 0 Å². The van der Waals surface area contributed by atoms with Gasteiger partial charge in [0.25, 0.3) is 0 Å². The minimum atomic E-state index is -4.28. The van der Waals surface area contributed by atoms with Gasteiger partial charge in [-0.2, -0.15) is 13.2 Å². The van der Waals surface area contributed by atoms with Crippen molar-refractivity contribution in [2.24, 2.45) is 0 Å². The number of anilines is 1. The third-order valence-corrected chi connectivity index (χ3v) is 5.56.